The predicted octanol–water partition coefficient (Wildman–Crippen LogP) is 7.05. The van der Waals surface area contributed by atoms with E-state index >= 15 is 0 Å². The van der Waals surface area contributed by atoms with Gasteiger partial charge in [0.05, 0.1) is 12.3 Å². The first kappa shape index (κ1) is 21.4. The highest BCUT2D eigenvalue weighted by Gasteiger charge is 2.27. The van der Waals surface area contributed by atoms with E-state index in [1.807, 2.05) is 97.9 Å². The first-order valence-corrected chi connectivity index (χ1v) is 11.3. The second-order valence-corrected chi connectivity index (χ2v) is 7.85. The van der Waals surface area contributed by atoms with Crippen molar-refractivity contribution < 1.29 is 9.53 Å². The molecule has 0 aliphatic heterocycles. The molecular formula is C30H24N2O2. The maximum absolute atomic E-state index is 13.3. The minimum absolute atomic E-state index is 0.284. The smallest absolute Gasteiger partial charge is 0.357 e. The molecule has 0 spiro atoms. The Morgan fingerprint density at radius 3 is 1.76 bits per heavy atom. The van der Waals surface area contributed by atoms with Crippen molar-refractivity contribution in [2.24, 2.45) is 0 Å². The van der Waals surface area contributed by atoms with E-state index in [-0.39, 0.29) is 6.61 Å². The minimum Gasteiger partial charge on any atom is -0.461 e. The van der Waals surface area contributed by atoms with Gasteiger partial charge in [0.15, 0.2) is 5.69 Å². The van der Waals surface area contributed by atoms with Crippen molar-refractivity contribution in [1.82, 2.24) is 9.78 Å². The molecule has 1 aromatic heterocycles. The molecule has 0 saturated carbocycles. The molecule has 4 nitrogen and oxygen atoms in total. The summed E-state index contributed by atoms with van der Waals surface area (Å²) in [6.45, 7) is 2.10. The third-order valence-corrected chi connectivity index (χ3v) is 5.68. The van der Waals surface area contributed by atoms with Crippen molar-refractivity contribution in [1.29, 1.82) is 0 Å². The number of hydrogen-bond acceptors (Lipinski definition) is 3. The van der Waals surface area contributed by atoms with Crippen LogP contribution in [0.5, 0.6) is 0 Å². The monoisotopic (exact) mass is 444 g/mol. The summed E-state index contributed by atoms with van der Waals surface area (Å²) in [5, 5.41) is 4.93. The van der Waals surface area contributed by atoms with Crippen LogP contribution in [0.4, 0.5) is 0 Å². The zero-order valence-electron chi connectivity index (χ0n) is 18.9. The number of benzene rings is 4. The molecule has 4 aromatic carbocycles. The SMILES string of the molecule is CCOC(=O)c1c(-c2ccc(-c3ccccc3)cc2)c(-c2ccccc2)nn1-c1ccccc1. The van der Waals surface area contributed by atoms with Crippen LogP contribution in [0.2, 0.25) is 0 Å². The molecule has 0 aliphatic rings. The van der Waals surface area contributed by atoms with E-state index in [1.54, 1.807) is 4.68 Å². The molecule has 5 rings (SSSR count). The van der Waals surface area contributed by atoms with E-state index in [4.69, 9.17) is 9.84 Å². The Morgan fingerprint density at radius 1 is 0.676 bits per heavy atom. The van der Waals surface area contributed by atoms with Crippen LogP contribution in [0, 0.1) is 0 Å². The van der Waals surface area contributed by atoms with E-state index in [1.165, 1.54) is 0 Å². The molecule has 0 aliphatic carbocycles. The third-order valence-electron chi connectivity index (χ3n) is 5.68. The Morgan fingerprint density at radius 2 is 1.18 bits per heavy atom. The largest absolute Gasteiger partial charge is 0.461 e. The molecule has 0 unspecified atom stereocenters. The molecule has 5 aromatic rings. The van der Waals surface area contributed by atoms with Crippen LogP contribution < -0.4 is 0 Å². The van der Waals surface area contributed by atoms with Crippen LogP contribution in [0.15, 0.2) is 115 Å². The Bertz CT molecular complexity index is 1390. The fraction of sp³-hybridized carbons (Fsp3) is 0.0667. The van der Waals surface area contributed by atoms with Gasteiger partial charge in [-0.05, 0) is 35.7 Å². The zero-order valence-corrected chi connectivity index (χ0v) is 18.9. The van der Waals surface area contributed by atoms with Crippen LogP contribution in [0.3, 0.4) is 0 Å². The number of aromatic nitrogens is 2. The summed E-state index contributed by atoms with van der Waals surface area (Å²) in [6, 6.07) is 38.1. The van der Waals surface area contributed by atoms with Crippen LogP contribution in [0.1, 0.15) is 17.4 Å². The molecule has 0 amide bonds. The fourth-order valence-corrected chi connectivity index (χ4v) is 4.09. The highest BCUT2D eigenvalue weighted by Crippen LogP contribution is 2.37. The van der Waals surface area contributed by atoms with Gasteiger partial charge in [0.25, 0.3) is 0 Å². The second kappa shape index (κ2) is 9.59. The van der Waals surface area contributed by atoms with E-state index in [0.717, 1.165) is 39.2 Å². The number of esters is 1. The Kier molecular flexibility index (Phi) is 6.04. The molecule has 0 atom stereocenters. The maximum Gasteiger partial charge on any atom is 0.357 e. The van der Waals surface area contributed by atoms with Gasteiger partial charge < -0.3 is 4.74 Å². The van der Waals surface area contributed by atoms with Crippen LogP contribution in [-0.2, 0) is 4.74 Å². The Hall–Kier alpha value is -4.44. The molecular weight excluding hydrogens is 420 g/mol. The molecule has 166 valence electrons. The van der Waals surface area contributed by atoms with Gasteiger partial charge >= 0.3 is 5.97 Å². The van der Waals surface area contributed by atoms with Crippen LogP contribution in [-0.4, -0.2) is 22.4 Å². The summed E-state index contributed by atoms with van der Waals surface area (Å²) in [4.78, 5) is 13.3. The van der Waals surface area contributed by atoms with Crippen molar-refractivity contribution >= 4 is 5.97 Å². The highest BCUT2D eigenvalue weighted by atomic mass is 16.5. The van der Waals surface area contributed by atoms with Crippen molar-refractivity contribution in [2.45, 2.75) is 6.92 Å². The van der Waals surface area contributed by atoms with Crippen molar-refractivity contribution in [2.75, 3.05) is 6.61 Å². The normalized spacial score (nSPS) is 10.7. The number of hydrogen-bond donors (Lipinski definition) is 0. The molecule has 1 heterocycles. The average Bonchev–Trinajstić information content (AvgIpc) is 3.31. The van der Waals surface area contributed by atoms with E-state index < -0.39 is 5.97 Å². The Balaban J connectivity index is 1.74. The van der Waals surface area contributed by atoms with Gasteiger partial charge in [-0.1, -0.05) is 103 Å². The summed E-state index contributed by atoms with van der Waals surface area (Å²) in [6.07, 6.45) is 0. The van der Waals surface area contributed by atoms with E-state index in [0.29, 0.717) is 5.69 Å². The first-order chi connectivity index (χ1) is 16.8. The van der Waals surface area contributed by atoms with Gasteiger partial charge in [0.1, 0.15) is 5.69 Å². The number of para-hydroxylation sites is 1. The molecule has 0 fully saturated rings. The van der Waals surface area contributed by atoms with Gasteiger partial charge in [0, 0.05) is 11.1 Å². The Labute approximate surface area is 199 Å². The molecule has 0 saturated heterocycles. The molecule has 0 radical (unpaired) electrons. The minimum atomic E-state index is -0.400. The molecule has 0 N–H and O–H groups in total. The summed E-state index contributed by atoms with van der Waals surface area (Å²) < 4.78 is 7.19. The molecule has 4 heteroatoms. The number of carbonyl (C=O) groups excluding carboxylic acids is 1. The molecule has 34 heavy (non-hydrogen) atoms. The summed E-state index contributed by atoms with van der Waals surface area (Å²) in [5.41, 5.74) is 6.80. The van der Waals surface area contributed by atoms with Crippen molar-refractivity contribution in [3.05, 3.63) is 121 Å². The lowest BCUT2D eigenvalue weighted by Gasteiger charge is -2.10. The standard InChI is InChI=1S/C30H24N2O2/c1-2-34-30(33)29-27(24-20-18-23(19-21-24)22-12-6-3-7-13-22)28(25-14-8-4-9-15-25)31-32(29)26-16-10-5-11-17-26/h3-21H,2H2,1H3. The fourth-order valence-electron chi connectivity index (χ4n) is 4.09. The van der Waals surface area contributed by atoms with Gasteiger partial charge in [-0.25, -0.2) is 9.48 Å². The van der Waals surface area contributed by atoms with E-state index in [2.05, 4.69) is 24.3 Å². The third kappa shape index (κ3) is 4.14. The first-order valence-electron chi connectivity index (χ1n) is 11.3. The van der Waals surface area contributed by atoms with Gasteiger partial charge in [-0.15, -0.1) is 0 Å². The summed E-state index contributed by atoms with van der Waals surface area (Å²) in [7, 11) is 0. The number of nitrogens with zero attached hydrogens (tertiary/aromatic N) is 2. The van der Waals surface area contributed by atoms with Gasteiger partial charge in [0.2, 0.25) is 0 Å². The topological polar surface area (TPSA) is 44.1 Å². The second-order valence-electron chi connectivity index (χ2n) is 7.85. The van der Waals surface area contributed by atoms with E-state index in [9.17, 15) is 4.79 Å². The van der Waals surface area contributed by atoms with Gasteiger partial charge in [-0.2, -0.15) is 5.10 Å². The van der Waals surface area contributed by atoms with Crippen molar-refractivity contribution in [3.63, 3.8) is 0 Å². The lowest BCUT2D eigenvalue weighted by atomic mass is 9.96. The number of carbonyl (C=O) groups is 1. The summed E-state index contributed by atoms with van der Waals surface area (Å²) >= 11 is 0. The lowest BCUT2D eigenvalue weighted by molar-refractivity contribution is 0.0516. The number of rotatable bonds is 6. The average molecular weight is 445 g/mol. The van der Waals surface area contributed by atoms with Gasteiger partial charge in [-0.3, -0.25) is 0 Å². The zero-order chi connectivity index (χ0) is 23.3. The number of ether oxygens (including phenoxy) is 1. The van der Waals surface area contributed by atoms with Crippen LogP contribution >= 0.6 is 0 Å². The maximum atomic E-state index is 13.3. The lowest BCUT2D eigenvalue weighted by Crippen LogP contribution is -2.13. The molecule has 0 bridgehead atoms. The predicted molar refractivity (Wildman–Crippen MR) is 136 cm³/mol. The summed E-state index contributed by atoms with van der Waals surface area (Å²) in [5.74, 6) is -0.400. The van der Waals surface area contributed by atoms with Crippen molar-refractivity contribution in [3.8, 4) is 39.2 Å². The van der Waals surface area contributed by atoms with Crippen LogP contribution in [0.25, 0.3) is 39.2 Å². The highest BCUT2D eigenvalue weighted by molar-refractivity contribution is 6.01. The quantitative estimate of drug-likeness (QED) is 0.264.